The molecule has 5 heteroatoms. The van der Waals surface area contributed by atoms with Crippen molar-refractivity contribution < 1.29 is 9.59 Å². The van der Waals surface area contributed by atoms with E-state index in [1.165, 1.54) is 0 Å². The van der Waals surface area contributed by atoms with Crippen LogP contribution in [0.25, 0.3) is 0 Å². The van der Waals surface area contributed by atoms with E-state index in [1.807, 2.05) is 59.5 Å². The number of benzene rings is 2. The van der Waals surface area contributed by atoms with Gasteiger partial charge in [0.15, 0.2) is 0 Å². The van der Waals surface area contributed by atoms with E-state index in [4.69, 9.17) is 0 Å². The summed E-state index contributed by atoms with van der Waals surface area (Å²) in [6.07, 6.45) is 2.67. The molecular weight excluding hydrogens is 350 g/mol. The molecule has 1 aliphatic heterocycles. The highest BCUT2D eigenvalue weighted by Gasteiger charge is 2.19. The highest BCUT2D eigenvalue weighted by Crippen LogP contribution is 2.22. The van der Waals surface area contributed by atoms with E-state index in [9.17, 15) is 9.59 Å². The first-order valence-corrected chi connectivity index (χ1v) is 10.0. The Morgan fingerprint density at radius 1 is 1.07 bits per heavy atom. The van der Waals surface area contributed by atoms with Gasteiger partial charge in [0.25, 0.3) is 0 Å². The van der Waals surface area contributed by atoms with Gasteiger partial charge in [-0.3, -0.25) is 4.79 Å². The molecule has 1 aliphatic rings. The van der Waals surface area contributed by atoms with Gasteiger partial charge in [0.1, 0.15) is 0 Å². The minimum Gasteiger partial charge on any atom is -0.338 e. The summed E-state index contributed by atoms with van der Waals surface area (Å²) in [5, 5.41) is 6.01. The molecule has 0 radical (unpaired) electrons. The van der Waals surface area contributed by atoms with Crippen molar-refractivity contribution in [2.75, 3.05) is 11.9 Å². The van der Waals surface area contributed by atoms with E-state index in [1.54, 1.807) is 0 Å². The van der Waals surface area contributed by atoms with E-state index < -0.39 is 0 Å². The smallest absolute Gasteiger partial charge is 0.319 e. The molecule has 0 saturated carbocycles. The van der Waals surface area contributed by atoms with E-state index in [0.29, 0.717) is 13.0 Å². The lowest BCUT2D eigenvalue weighted by Crippen LogP contribution is -2.35. The number of hydrogen-bond donors (Lipinski definition) is 2. The molecule has 1 unspecified atom stereocenters. The van der Waals surface area contributed by atoms with Crippen molar-refractivity contribution in [2.45, 2.75) is 45.7 Å². The predicted octanol–water partition coefficient (Wildman–Crippen LogP) is 4.72. The lowest BCUT2D eigenvalue weighted by atomic mass is 9.96. The van der Waals surface area contributed by atoms with E-state index in [0.717, 1.165) is 36.2 Å². The van der Waals surface area contributed by atoms with E-state index in [-0.39, 0.29) is 23.9 Å². The molecule has 3 amide bonds. The lowest BCUT2D eigenvalue weighted by Gasteiger charge is -2.27. The van der Waals surface area contributed by atoms with Crippen LogP contribution in [0.15, 0.2) is 54.6 Å². The van der Waals surface area contributed by atoms with Crippen molar-refractivity contribution >= 4 is 17.6 Å². The first-order chi connectivity index (χ1) is 13.5. The van der Waals surface area contributed by atoms with Crippen LogP contribution in [-0.4, -0.2) is 23.4 Å². The van der Waals surface area contributed by atoms with Crippen LogP contribution in [0.5, 0.6) is 0 Å². The van der Waals surface area contributed by atoms with Crippen LogP contribution in [0.1, 0.15) is 50.3 Å². The highest BCUT2D eigenvalue weighted by atomic mass is 16.2. The van der Waals surface area contributed by atoms with Gasteiger partial charge in [0.2, 0.25) is 5.91 Å². The molecule has 148 valence electrons. The fraction of sp³-hybridized carbons (Fsp3) is 0.391. The van der Waals surface area contributed by atoms with Crippen molar-refractivity contribution in [1.29, 1.82) is 0 Å². The largest absolute Gasteiger partial charge is 0.338 e. The van der Waals surface area contributed by atoms with Gasteiger partial charge >= 0.3 is 6.03 Å². The third-order valence-corrected chi connectivity index (χ3v) is 5.09. The van der Waals surface area contributed by atoms with Gasteiger partial charge in [0.05, 0.1) is 6.04 Å². The first-order valence-electron chi connectivity index (χ1n) is 10.0. The molecule has 0 spiro atoms. The van der Waals surface area contributed by atoms with Crippen LogP contribution in [0.2, 0.25) is 0 Å². The second-order valence-electron chi connectivity index (χ2n) is 7.70. The molecule has 0 aliphatic carbocycles. The Bertz CT molecular complexity index is 805. The number of nitrogens with zero attached hydrogens (tertiary/aromatic N) is 1. The topological polar surface area (TPSA) is 61.4 Å². The number of rotatable bonds is 6. The second-order valence-corrected chi connectivity index (χ2v) is 7.70. The fourth-order valence-electron chi connectivity index (χ4n) is 3.60. The summed E-state index contributed by atoms with van der Waals surface area (Å²) in [7, 11) is 0. The maximum Gasteiger partial charge on any atom is 0.319 e. The summed E-state index contributed by atoms with van der Waals surface area (Å²) in [6.45, 7) is 5.58. The van der Waals surface area contributed by atoms with Gasteiger partial charge in [-0.25, -0.2) is 4.79 Å². The monoisotopic (exact) mass is 379 g/mol. The van der Waals surface area contributed by atoms with Gasteiger partial charge in [-0.2, -0.15) is 0 Å². The minimum atomic E-state index is -0.228. The maximum absolute atomic E-state index is 12.6. The average Bonchev–Trinajstić information content (AvgIpc) is 2.69. The van der Waals surface area contributed by atoms with E-state index >= 15 is 0 Å². The third kappa shape index (κ3) is 5.35. The quantitative estimate of drug-likeness (QED) is 0.763. The van der Waals surface area contributed by atoms with Gasteiger partial charge < -0.3 is 15.5 Å². The number of nitrogens with one attached hydrogen (secondary N) is 2. The lowest BCUT2D eigenvalue weighted by molar-refractivity contribution is -0.133. The third-order valence-electron chi connectivity index (χ3n) is 5.09. The zero-order valence-electron chi connectivity index (χ0n) is 16.7. The minimum absolute atomic E-state index is 0.0599. The Morgan fingerprint density at radius 3 is 2.57 bits per heavy atom. The number of carbonyl (C=O) groups excluding carboxylic acids is 2. The predicted molar refractivity (Wildman–Crippen MR) is 112 cm³/mol. The van der Waals surface area contributed by atoms with Crippen molar-refractivity contribution in [2.24, 2.45) is 5.92 Å². The molecule has 1 atom stereocenters. The molecule has 2 aromatic rings. The molecule has 2 aromatic carbocycles. The van der Waals surface area contributed by atoms with Gasteiger partial charge in [-0.05, 0) is 42.0 Å². The highest BCUT2D eigenvalue weighted by molar-refractivity contribution is 5.89. The molecule has 1 saturated heterocycles. The number of urea groups is 1. The molecule has 1 heterocycles. The Kier molecular flexibility index (Phi) is 6.69. The number of carbonyl (C=O) groups is 2. The Morgan fingerprint density at radius 2 is 1.86 bits per heavy atom. The molecule has 0 bridgehead atoms. The number of likely N-dealkylation sites (tertiary alicyclic amines) is 1. The van der Waals surface area contributed by atoms with Crippen LogP contribution in [0.4, 0.5) is 10.5 Å². The molecule has 5 nitrogen and oxygen atoms in total. The van der Waals surface area contributed by atoms with E-state index in [2.05, 4.69) is 24.5 Å². The normalized spacial score (nSPS) is 15.4. The molecule has 28 heavy (non-hydrogen) atoms. The Balaban J connectivity index is 1.62. The van der Waals surface area contributed by atoms with Crippen LogP contribution >= 0.6 is 0 Å². The number of anilines is 1. The molecule has 2 N–H and O–H groups in total. The summed E-state index contributed by atoms with van der Waals surface area (Å²) < 4.78 is 0. The van der Waals surface area contributed by atoms with Gasteiger partial charge in [0, 0.05) is 25.2 Å². The fourth-order valence-corrected chi connectivity index (χ4v) is 3.60. The van der Waals surface area contributed by atoms with Crippen molar-refractivity contribution in [3.8, 4) is 0 Å². The Hall–Kier alpha value is -2.82. The molecule has 3 rings (SSSR count). The number of hydrogen-bond acceptors (Lipinski definition) is 2. The standard InChI is InChI=1S/C23H29N3O2/c1-17(2)22(19-10-4-3-5-11-19)25-23(28)24-20-12-8-9-18(15-20)16-26-14-7-6-13-21(26)27/h3-5,8-12,15,17,22H,6-7,13-14,16H2,1-2H3,(H2,24,25,28). The van der Waals surface area contributed by atoms with Crippen LogP contribution in [0, 0.1) is 5.92 Å². The van der Waals surface area contributed by atoms with Crippen LogP contribution < -0.4 is 10.6 Å². The summed E-state index contributed by atoms with van der Waals surface area (Å²) >= 11 is 0. The molecule has 1 fully saturated rings. The first kappa shape index (κ1) is 19.9. The summed E-state index contributed by atoms with van der Waals surface area (Å²) in [5.41, 5.74) is 2.84. The molecule has 0 aromatic heterocycles. The Labute approximate surface area is 167 Å². The van der Waals surface area contributed by atoms with Gasteiger partial charge in [-0.1, -0.05) is 56.3 Å². The average molecular weight is 380 g/mol. The molecular formula is C23H29N3O2. The summed E-state index contributed by atoms with van der Waals surface area (Å²) in [4.78, 5) is 26.5. The van der Waals surface area contributed by atoms with Crippen LogP contribution in [-0.2, 0) is 11.3 Å². The summed E-state index contributed by atoms with van der Waals surface area (Å²) in [5.74, 6) is 0.481. The number of amides is 3. The van der Waals surface area contributed by atoms with Crippen molar-refractivity contribution in [3.63, 3.8) is 0 Å². The van der Waals surface area contributed by atoms with Crippen LogP contribution in [0.3, 0.4) is 0 Å². The van der Waals surface area contributed by atoms with Crippen molar-refractivity contribution in [3.05, 3.63) is 65.7 Å². The summed E-state index contributed by atoms with van der Waals surface area (Å²) in [6, 6.07) is 17.4. The number of piperidine rings is 1. The maximum atomic E-state index is 12.6. The second kappa shape index (κ2) is 9.40. The zero-order valence-corrected chi connectivity index (χ0v) is 16.7. The van der Waals surface area contributed by atoms with Gasteiger partial charge in [-0.15, -0.1) is 0 Å². The van der Waals surface area contributed by atoms with Crippen molar-refractivity contribution in [1.82, 2.24) is 10.2 Å². The zero-order chi connectivity index (χ0) is 19.9. The SMILES string of the molecule is CC(C)C(NC(=O)Nc1cccc(CN2CCCCC2=O)c1)c1ccccc1.